The lowest BCUT2D eigenvalue weighted by Crippen LogP contribution is -2.43. The summed E-state index contributed by atoms with van der Waals surface area (Å²) in [7, 11) is 3.39. The van der Waals surface area contributed by atoms with Crippen molar-refractivity contribution in [2.45, 2.75) is 32.9 Å². The van der Waals surface area contributed by atoms with Gasteiger partial charge in [-0.3, -0.25) is 4.79 Å². The molecule has 4 rings (SSSR count). The molecule has 1 aromatic carbocycles. The Balaban J connectivity index is 1.95. The molecule has 1 N–H and O–H groups in total. The number of aliphatic hydroxyl groups excluding tert-OH is 1. The van der Waals surface area contributed by atoms with Crippen LogP contribution in [0.1, 0.15) is 42.4 Å². The van der Waals surface area contributed by atoms with E-state index >= 15 is 0 Å². The number of hydrogen-bond donors (Lipinski definition) is 1. The van der Waals surface area contributed by atoms with Crippen molar-refractivity contribution in [1.29, 1.82) is 0 Å². The van der Waals surface area contributed by atoms with Gasteiger partial charge >= 0.3 is 0 Å². The summed E-state index contributed by atoms with van der Waals surface area (Å²) in [5.74, 6) is 1.15. The summed E-state index contributed by atoms with van der Waals surface area (Å²) in [6.07, 6.45) is 3.45. The molecule has 0 saturated heterocycles. The highest BCUT2D eigenvalue weighted by Crippen LogP contribution is 2.44. The molecule has 0 bridgehead atoms. The average Bonchev–Trinajstić information content (AvgIpc) is 3.43. The first-order valence-corrected chi connectivity index (χ1v) is 11.3. The molecule has 1 amide bonds. The van der Waals surface area contributed by atoms with Gasteiger partial charge in [0.1, 0.15) is 18.1 Å². The Morgan fingerprint density at radius 1 is 1.41 bits per heavy atom. The van der Waals surface area contributed by atoms with E-state index in [0.29, 0.717) is 17.2 Å². The van der Waals surface area contributed by atoms with E-state index in [2.05, 4.69) is 0 Å². The number of aromatic nitrogens is 2. The van der Waals surface area contributed by atoms with E-state index in [-0.39, 0.29) is 24.7 Å². The first kappa shape index (κ1) is 22.1. The predicted octanol–water partition coefficient (Wildman–Crippen LogP) is 4.38. The Hall–Kier alpha value is -3.10. The van der Waals surface area contributed by atoms with E-state index in [1.807, 2.05) is 54.4 Å². The minimum Gasteiger partial charge on any atom is -0.496 e. The zero-order valence-corrected chi connectivity index (χ0v) is 19.7. The second-order valence-electron chi connectivity index (χ2n) is 8.57. The summed E-state index contributed by atoms with van der Waals surface area (Å²) in [6.45, 7) is 6.13. The summed E-state index contributed by atoms with van der Waals surface area (Å²) < 4.78 is 13.4. The highest BCUT2D eigenvalue weighted by molar-refractivity contribution is 7.08. The van der Waals surface area contributed by atoms with E-state index in [1.54, 1.807) is 42.5 Å². The maximum absolute atomic E-state index is 13.4. The van der Waals surface area contributed by atoms with Gasteiger partial charge in [0.2, 0.25) is 0 Å². The second kappa shape index (κ2) is 8.44. The first-order valence-electron chi connectivity index (χ1n) is 10.3. The van der Waals surface area contributed by atoms with Gasteiger partial charge in [0.15, 0.2) is 5.69 Å². The molecule has 8 heteroatoms. The Bertz CT molecular complexity index is 1170. The van der Waals surface area contributed by atoms with Gasteiger partial charge in [0.25, 0.3) is 5.91 Å². The third-order valence-electron chi connectivity index (χ3n) is 5.61. The van der Waals surface area contributed by atoms with E-state index in [4.69, 9.17) is 14.6 Å². The molecule has 0 spiro atoms. The number of aliphatic hydroxyl groups is 1. The summed E-state index contributed by atoms with van der Waals surface area (Å²) >= 11 is 1.57. The zero-order chi connectivity index (χ0) is 23.0. The van der Waals surface area contributed by atoms with Crippen LogP contribution in [-0.2, 0) is 6.61 Å². The number of nitrogens with zero attached hydrogens (tertiary/aromatic N) is 3. The molecular formula is C24H27N3O4S. The average molecular weight is 454 g/mol. The quantitative estimate of drug-likeness (QED) is 0.621. The fraction of sp³-hybridized carbons (Fsp3) is 0.333. The minimum absolute atomic E-state index is 0.0768. The molecule has 3 heterocycles. The summed E-state index contributed by atoms with van der Waals surface area (Å²) in [5.41, 5.74) is 4.13. The number of amides is 1. The monoisotopic (exact) mass is 453 g/mol. The van der Waals surface area contributed by atoms with Crippen LogP contribution in [0.4, 0.5) is 0 Å². The van der Waals surface area contributed by atoms with Crippen LogP contribution >= 0.6 is 11.3 Å². The Morgan fingerprint density at radius 2 is 2.19 bits per heavy atom. The first-order chi connectivity index (χ1) is 15.3. The number of thiophene rings is 1. The smallest absolute Gasteiger partial charge is 0.274 e. The lowest BCUT2D eigenvalue weighted by Gasteiger charge is -2.31. The summed E-state index contributed by atoms with van der Waals surface area (Å²) in [6, 6.07) is 5.76. The number of carbonyl (C=O) groups excluding carboxylic acids is 1. The SMILES string of the molecule is COc1cc2c(cc1C=CCO)-c1c(c(C(=O)N(C)C(C)(C)C)nn1-c1ccsc1)CO2. The van der Waals surface area contributed by atoms with Crippen molar-refractivity contribution in [1.82, 2.24) is 14.7 Å². The molecule has 32 heavy (non-hydrogen) atoms. The van der Waals surface area contributed by atoms with Crippen molar-refractivity contribution < 1.29 is 19.4 Å². The van der Waals surface area contributed by atoms with Gasteiger partial charge in [0.05, 0.1) is 25.1 Å². The van der Waals surface area contributed by atoms with Crippen molar-refractivity contribution in [3.63, 3.8) is 0 Å². The van der Waals surface area contributed by atoms with Gasteiger partial charge in [-0.15, -0.1) is 0 Å². The van der Waals surface area contributed by atoms with Crippen LogP contribution in [0.15, 0.2) is 35.0 Å². The van der Waals surface area contributed by atoms with E-state index in [0.717, 1.165) is 28.1 Å². The van der Waals surface area contributed by atoms with Crippen LogP contribution in [0.5, 0.6) is 11.5 Å². The Labute approximate surface area is 191 Å². The normalized spacial score (nSPS) is 12.9. The van der Waals surface area contributed by atoms with Crippen LogP contribution in [-0.4, -0.2) is 52.0 Å². The fourth-order valence-electron chi connectivity index (χ4n) is 3.58. The molecular weight excluding hydrogens is 426 g/mol. The Morgan fingerprint density at radius 3 is 2.81 bits per heavy atom. The summed E-state index contributed by atoms with van der Waals surface area (Å²) in [5, 5.41) is 18.0. The highest BCUT2D eigenvalue weighted by Gasteiger charge is 2.34. The Kier molecular flexibility index (Phi) is 5.83. The number of benzene rings is 1. The number of carbonyl (C=O) groups is 1. The standard InChI is InChI=1S/C24H27N3O4S/c1-24(2,3)26(4)23(29)21-18-13-31-20-12-19(30-5)15(7-6-9-28)11-17(20)22(18)27(25-21)16-8-10-32-14-16/h6-8,10-12,14,28H,9,13H2,1-5H3. The van der Waals surface area contributed by atoms with Crippen LogP contribution < -0.4 is 9.47 Å². The number of ether oxygens (including phenoxy) is 2. The molecule has 0 atom stereocenters. The van der Waals surface area contributed by atoms with Crippen LogP contribution in [0.25, 0.3) is 23.0 Å². The molecule has 0 saturated carbocycles. The molecule has 1 aliphatic heterocycles. The lowest BCUT2D eigenvalue weighted by atomic mass is 9.98. The van der Waals surface area contributed by atoms with Gasteiger partial charge in [-0.25, -0.2) is 4.68 Å². The van der Waals surface area contributed by atoms with Crippen LogP contribution in [0.3, 0.4) is 0 Å². The molecule has 3 aromatic rings. The van der Waals surface area contributed by atoms with Gasteiger partial charge in [0, 0.05) is 40.7 Å². The van der Waals surface area contributed by atoms with Gasteiger partial charge < -0.3 is 19.5 Å². The van der Waals surface area contributed by atoms with Gasteiger partial charge in [-0.05, 0) is 38.3 Å². The van der Waals surface area contributed by atoms with Gasteiger partial charge in [-0.2, -0.15) is 16.4 Å². The van der Waals surface area contributed by atoms with Crippen molar-refractivity contribution in [2.75, 3.05) is 20.8 Å². The molecule has 7 nitrogen and oxygen atoms in total. The summed E-state index contributed by atoms with van der Waals surface area (Å²) in [4.78, 5) is 15.1. The van der Waals surface area contributed by atoms with E-state index in [9.17, 15) is 9.90 Å². The van der Waals surface area contributed by atoms with Crippen LogP contribution in [0, 0.1) is 0 Å². The van der Waals surface area contributed by atoms with Crippen molar-refractivity contribution in [3.05, 3.63) is 51.9 Å². The molecule has 1 aliphatic rings. The highest BCUT2D eigenvalue weighted by atomic mass is 32.1. The second-order valence-corrected chi connectivity index (χ2v) is 9.35. The lowest BCUT2D eigenvalue weighted by molar-refractivity contribution is 0.0646. The predicted molar refractivity (Wildman–Crippen MR) is 126 cm³/mol. The van der Waals surface area contributed by atoms with Gasteiger partial charge in [-0.1, -0.05) is 12.2 Å². The number of methoxy groups -OCH3 is 1. The fourth-order valence-corrected chi connectivity index (χ4v) is 4.20. The number of rotatable bonds is 5. The van der Waals surface area contributed by atoms with Crippen molar-refractivity contribution >= 4 is 23.3 Å². The van der Waals surface area contributed by atoms with Crippen molar-refractivity contribution in [2.24, 2.45) is 0 Å². The third kappa shape index (κ3) is 3.80. The molecule has 0 unspecified atom stereocenters. The van der Waals surface area contributed by atoms with E-state index < -0.39 is 0 Å². The van der Waals surface area contributed by atoms with E-state index in [1.165, 1.54) is 0 Å². The molecule has 2 aromatic heterocycles. The largest absolute Gasteiger partial charge is 0.496 e. The molecule has 0 aliphatic carbocycles. The molecule has 0 radical (unpaired) electrons. The number of fused-ring (bicyclic) bond motifs is 3. The molecule has 0 fully saturated rings. The maximum Gasteiger partial charge on any atom is 0.274 e. The zero-order valence-electron chi connectivity index (χ0n) is 18.9. The van der Waals surface area contributed by atoms with Crippen LogP contribution in [0.2, 0.25) is 0 Å². The topological polar surface area (TPSA) is 76.8 Å². The third-order valence-corrected chi connectivity index (χ3v) is 6.28. The van der Waals surface area contributed by atoms with Crippen molar-refractivity contribution in [3.8, 4) is 28.4 Å². The minimum atomic E-state index is -0.348. The maximum atomic E-state index is 13.4. The number of hydrogen-bond acceptors (Lipinski definition) is 6. The molecule has 168 valence electrons.